The van der Waals surface area contributed by atoms with Gasteiger partial charge in [0.15, 0.2) is 6.10 Å². The van der Waals surface area contributed by atoms with Gasteiger partial charge in [0.05, 0.1) is 13.7 Å². The van der Waals surface area contributed by atoms with Gasteiger partial charge in [0.25, 0.3) is 5.91 Å². The third-order valence-corrected chi connectivity index (χ3v) is 5.38. The van der Waals surface area contributed by atoms with E-state index in [0.717, 1.165) is 17.7 Å². The number of para-hydroxylation sites is 1. The summed E-state index contributed by atoms with van der Waals surface area (Å²) in [6, 6.07) is 19.8. The number of amides is 1. The van der Waals surface area contributed by atoms with E-state index in [1.54, 1.807) is 28.9 Å². The fraction of sp³-hybridized carbons (Fsp3) is 0.148. The number of nitrogens with zero attached hydrogens (tertiary/aromatic N) is 2. The highest BCUT2D eigenvalue weighted by Gasteiger charge is 2.25. The van der Waals surface area contributed by atoms with E-state index in [0.29, 0.717) is 23.6 Å². The van der Waals surface area contributed by atoms with E-state index in [2.05, 4.69) is 10.4 Å². The molecule has 7 nitrogen and oxygen atoms in total. The number of halogens is 2. The van der Waals surface area contributed by atoms with E-state index in [-0.39, 0.29) is 5.56 Å². The number of hydrogen-bond donors (Lipinski definition) is 1. The van der Waals surface area contributed by atoms with E-state index < -0.39 is 35.3 Å². The molecule has 0 aliphatic rings. The van der Waals surface area contributed by atoms with Crippen molar-refractivity contribution in [1.29, 1.82) is 0 Å². The summed E-state index contributed by atoms with van der Waals surface area (Å²) in [7, 11) is 1.53. The fourth-order valence-electron chi connectivity index (χ4n) is 3.53. The van der Waals surface area contributed by atoms with Crippen LogP contribution >= 0.6 is 0 Å². The Morgan fingerprint density at radius 1 is 1.00 bits per heavy atom. The first kappa shape index (κ1) is 24.6. The molecule has 3 aromatic carbocycles. The molecule has 0 saturated heterocycles. The summed E-state index contributed by atoms with van der Waals surface area (Å²) >= 11 is 0. The molecule has 1 aromatic heterocycles. The van der Waals surface area contributed by atoms with Crippen molar-refractivity contribution in [2.75, 3.05) is 12.4 Å². The number of methoxy groups -OCH3 is 1. The van der Waals surface area contributed by atoms with Crippen LogP contribution in [0, 0.1) is 11.6 Å². The lowest BCUT2D eigenvalue weighted by atomic mass is 10.1. The molecule has 0 fully saturated rings. The molecule has 0 aliphatic carbocycles. The second-order valence-electron chi connectivity index (χ2n) is 7.94. The molecule has 1 N–H and O–H groups in total. The fourth-order valence-corrected chi connectivity index (χ4v) is 3.53. The maximum atomic E-state index is 13.9. The monoisotopic (exact) mass is 491 g/mol. The zero-order valence-electron chi connectivity index (χ0n) is 19.6. The summed E-state index contributed by atoms with van der Waals surface area (Å²) in [5.74, 6) is -3.01. The van der Waals surface area contributed by atoms with Gasteiger partial charge in [-0.25, -0.2) is 13.6 Å². The first-order valence-corrected chi connectivity index (χ1v) is 11.1. The number of nitrogens with one attached hydrogen (secondary N) is 1. The number of aromatic nitrogens is 2. The van der Waals surface area contributed by atoms with Crippen LogP contribution < -0.4 is 10.1 Å². The Bertz CT molecular complexity index is 1370. The van der Waals surface area contributed by atoms with Crippen molar-refractivity contribution in [3.05, 3.63) is 102 Å². The predicted molar refractivity (Wildman–Crippen MR) is 130 cm³/mol. The highest BCUT2D eigenvalue weighted by atomic mass is 19.1. The van der Waals surface area contributed by atoms with Crippen LogP contribution in [0.2, 0.25) is 0 Å². The zero-order chi connectivity index (χ0) is 25.7. The molecule has 1 unspecified atom stereocenters. The van der Waals surface area contributed by atoms with Crippen LogP contribution in [0.3, 0.4) is 0 Å². The Balaban J connectivity index is 1.59. The van der Waals surface area contributed by atoms with E-state index >= 15 is 0 Å². The van der Waals surface area contributed by atoms with Crippen LogP contribution in [0.15, 0.2) is 79.0 Å². The lowest BCUT2D eigenvalue weighted by molar-refractivity contribution is -0.123. The Morgan fingerprint density at radius 3 is 2.39 bits per heavy atom. The van der Waals surface area contributed by atoms with Crippen molar-refractivity contribution in [1.82, 2.24) is 9.78 Å². The van der Waals surface area contributed by atoms with Crippen molar-refractivity contribution in [3.8, 4) is 17.0 Å². The number of esters is 1. The molecule has 9 heteroatoms. The second-order valence-corrected chi connectivity index (χ2v) is 7.94. The number of rotatable bonds is 8. The molecule has 0 bridgehead atoms. The molecule has 0 aliphatic heterocycles. The van der Waals surface area contributed by atoms with E-state index in [1.807, 2.05) is 30.3 Å². The summed E-state index contributed by atoms with van der Waals surface area (Å²) in [4.78, 5) is 25.6. The zero-order valence-corrected chi connectivity index (χ0v) is 19.6. The maximum Gasteiger partial charge on any atom is 0.342 e. The van der Waals surface area contributed by atoms with Gasteiger partial charge >= 0.3 is 5.97 Å². The van der Waals surface area contributed by atoms with Gasteiger partial charge in [-0.05, 0) is 36.8 Å². The van der Waals surface area contributed by atoms with Crippen LogP contribution in [0.1, 0.15) is 22.8 Å². The van der Waals surface area contributed by atoms with Crippen LogP contribution in [0.25, 0.3) is 11.3 Å². The summed E-state index contributed by atoms with van der Waals surface area (Å²) < 4.78 is 40.0. The number of carbonyl (C=O) groups excluding carboxylic acids is 2. The van der Waals surface area contributed by atoms with Gasteiger partial charge in [0.2, 0.25) is 0 Å². The Hall–Kier alpha value is -4.53. The molecule has 36 heavy (non-hydrogen) atoms. The van der Waals surface area contributed by atoms with Gasteiger partial charge in [0.1, 0.15) is 34.3 Å². The van der Waals surface area contributed by atoms with Gasteiger partial charge < -0.3 is 14.8 Å². The predicted octanol–water partition coefficient (Wildman–Crippen LogP) is 5.07. The van der Waals surface area contributed by atoms with Gasteiger partial charge in [0, 0.05) is 11.8 Å². The molecule has 184 valence electrons. The number of carbonyl (C=O) groups is 2. The standard InChI is InChI=1S/C27H23F2N3O4/c1-17(26(33)30-25-22(28)12-7-13-23(25)29)36-27(34)21-16-32(15-18-8-4-3-5-9-18)31-24(21)19-10-6-11-20(14-19)35-2/h3-14,16-17H,15H2,1-2H3,(H,30,33). The first-order valence-electron chi connectivity index (χ1n) is 11.1. The largest absolute Gasteiger partial charge is 0.497 e. The minimum absolute atomic E-state index is 0.121. The molecule has 4 aromatic rings. The van der Waals surface area contributed by atoms with E-state index in [9.17, 15) is 18.4 Å². The SMILES string of the molecule is COc1cccc(-c2nn(Cc3ccccc3)cc2C(=O)OC(C)C(=O)Nc2c(F)cccc2F)c1. The minimum atomic E-state index is -1.34. The summed E-state index contributed by atoms with van der Waals surface area (Å²) in [6.07, 6.45) is 0.192. The third kappa shape index (κ3) is 5.57. The minimum Gasteiger partial charge on any atom is -0.497 e. The summed E-state index contributed by atoms with van der Waals surface area (Å²) in [5, 5.41) is 6.71. The van der Waals surface area contributed by atoms with Crippen molar-refractivity contribution < 1.29 is 27.8 Å². The van der Waals surface area contributed by atoms with E-state index in [4.69, 9.17) is 9.47 Å². The van der Waals surface area contributed by atoms with Gasteiger partial charge in [-0.3, -0.25) is 9.48 Å². The van der Waals surface area contributed by atoms with Gasteiger partial charge in [-0.15, -0.1) is 0 Å². The van der Waals surface area contributed by atoms with E-state index in [1.165, 1.54) is 26.3 Å². The summed E-state index contributed by atoms with van der Waals surface area (Å²) in [5.41, 5.74) is 1.42. The molecular weight excluding hydrogens is 468 g/mol. The topological polar surface area (TPSA) is 82.5 Å². The molecule has 1 atom stereocenters. The molecule has 1 heterocycles. The van der Waals surface area contributed by atoms with Crippen molar-refractivity contribution in [2.45, 2.75) is 19.6 Å². The quantitative estimate of drug-likeness (QED) is 0.348. The van der Waals surface area contributed by atoms with Crippen molar-refractivity contribution in [3.63, 3.8) is 0 Å². The lowest BCUT2D eigenvalue weighted by Gasteiger charge is -2.14. The Labute approximate surface area is 206 Å². The van der Waals surface area contributed by atoms with Crippen LogP contribution in [-0.2, 0) is 16.1 Å². The average Bonchev–Trinajstić information content (AvgIpc) is 3.30. The number of benzene rings is 3. The molecule has 1 amide bonds. The molecule has 0 saturated carbocycles. The molecule has 4 rings (SSSR count). The normalized spacial score (nSPS) is 11.6. The van der Waals surface area contributed by atoms with Gasteiger partial charge in [-0.2, -0.15) is 5.10 Å². The molecule has 0 spiro atoms. The highest BCUT2D eigenvalue weighted by molar-refractivity contribution is 6.00. The maximum absolute atomic E-state index is 13.9. The van der Waals surface area contributed by atoms with Crippen LogP contribution in [0.4, 0.5) is 14.5 Å². The Kier molecular flexibility index (Phi) is 7.39. The molecular formula is C27H23F2N3O4. The third-order valence-electron chi connectivity index (χ3n) is 5.38. The summed E-state index contributed by atoms with van der Waals surface area (Å²) in [6.45, 7) is 1.71. The Morgan fingerprint density at radius 2 is 1.69 bits per heavy atom. The lowest BCUT2D eigenvalue weighted by Crippen LogP contribution is -2.30. The van der Waals surface area contributed by atoms with Crippen LogP contribution in [0.5, 0.6) is 5.75 Å². The second kappa shape index (κ2) is 10.8. The average molecular weight is 491 g/mol. The van der Waals surface area contributed by atoms with Crippen LogP contribution in [-0.4, -0.2) is 34.9 Å². The number of hydrogen-bond acceptors (Lipinski definition) is 5. The smallest absolute Gasteiger partial charge is 0.342 e. The van der Waals surface area contributed by atoms with Crippen molar-refractivity contribution >= 4 is 17.6 Å². The first-order chi connectivity index (χ1) is 17.4. The van der Waals surface area contributed by atoms with Gasteiger partial charge in [-0.1, -0.05) is 48.5 Å². The number of ether oxygens (including phenoxy) is 2. The molecule has 0 radical (unpaired) electrons. The highest BCUT2D eigenvalue weighted by Crippen LogP contribution is 2.27. The number of anilines is 1. The van der Waals surface area contributed by atoms with Crippen molar-refractivity contribution in [2.24, 2.45) is 0 Å².